The van der Waals surface area contributed by atoms with Gasteiger partial charge in [0.15, 0.2) is 0 Å². The van der Waals surface area contributed by atoms with Crippen LogP contribution in [0.25, 0.3) is 0 Å². The third kappa shape index (κ3) is 3.85. The SMILES string of the molecule is NC(=O)NC(=O)CN1CCCCC1CO. The van der Waals surface area contributed by atoms with E-state index in [1.807, 2.05) is 10.2 Å². The summed E-state index contributed by atoms with van der Waals surface area (Å²) in [7, 11) is 0. The Labute approximate surface area is 88.4 Å². The van der Waals surface area contributed by atoms with Crippen molar-refractivity contribution < 1.29 is 14.7 Å². The summed E-state index contributed by atoms with van der Waals surface area (Å²) in [4.78, 5) is 23.5. The third-order valence-corrected chi connectivity index (χ3v) is 2.57. The van der Waals surface area contributed by atoms with Gasteiger partial charge in [0.1, 0.15) is 0 Å². The molecule has 0 radical (unpaired) electrons. The van der Waals surface area contributed by atoms with Gasteiger partial charge >= 0.3 is 6.03 Å². The van der Waals surface area contributed by atoms with Gasteiger partial charge in [0, 0.05) is 6.04 Å². The molecule has 15 heavy (non-hydrogen) atoms. The third-order valence-electron chi connectivity index (χ3n) is 2.57. The Bertz CT molecular complexity index is 245. The minimum Gasteiger partial charge on any atom is -0.395 e. The molecule has 1 heterocycles. The summed E-state index contributed by atoms with van der Waals surface area (Å²) >= 11 is 0. The van der Waals surface area contributed by atoms with E-state index in [1.165, 1.54) is 0 Å². The molecule has 1 fully saturated rings. The van der Waals surface area contributed by atoms with Gasteiger partial charge < -0.3 is 10.8 Å². The van der Waals surface area contributed by atoms with E-state index >= 15 is 0 Å². The molecule has 1 rings (SSSR count). The Balaban J connectivity index is 2.40. The standard InChI is InChI=1S/C9H17N3O3/c10-9(15)11-8(14)5-12-4-2-1-3-7(12)6-13/h7,13H,1-6H2,(H3,10,11,14,15). The van der Waals surface area contributed by atoms with Gasteiger partial charge in [0.2, 0.25) is 5.91 Å². The zero-order valence-corrected chi connectivity index (χ0v) is 8.61. The van der Waals surface area contributed by atoms with Crippen LogP contribution < -0.4 is 11.1 Å². The highest BCUT2D eigenvalue weighted by atomic mass is 16.3. The summed E-state index contributed by atoms with van der Waals surface area (Å²) in [5, 5.41) is 11.1. The van der Waals surface area contributed by atoms with Crippen LogP contribution in [0.15, 0.2) is 0 Å². The summed E-state index contributed by atoms with van der Waals surface area (Å²) in [6, 6.07) is -0.810. The van der Waals surface area contributed by atoms with Gasteiger partial charge in [-0.3, -0.25) is 15.0 Å². The monoisotopic (exact) mass is 215 g/mol. The van der Waals surface area contributed by atoms with Crippen molar-refractivity contribution in [2.24, 2.45) is 5.73 Å². The number of primary amides is 1. The predicted octanol–water partition coefficient (Wildman–Crippen LogP) is -0.972. The lowest BCUT2D eigenvalue weighted by Gasteiger charge is -2.33. The molecular weight excluding hydrogens is 198 g/mol. The van der Waals surface area contributed by atoms with Gasteiger partial charge in [-0.2, -0.15) is 0 Å². The number of carbonyl (C=O) groups excluding carboxylic acids is 2. The smallest absolute Gasteiger partial charge is 0.318 e. The molecule has 1 atom stereocenters. The molecule has 6 heteroatoms. The van der Waals surface area contributed by atoms with Gasteiger partial charge in [-0.25, -0.2) is 4.79 Å². The average molecular weight is 215 g/mol. The average Bonchev–Trinajstić information content (AvgIpc) is 2.17. The topological polar surface area (TPSA) is 95.7 Å². The number of urea groups is 1. The normalized spacial score (nSPS) is 22.3. The van der Waals surface area contributed by atoms with Crippen molar-refractivity contribution in [3.05, 3.63) is 0 Å². The number of nitrogens with zero attached hydrogens (tertiary/aromatic N) is 1. The highest BCUT2D eigenvalue weighted by Gasteiger charge is 2.23. The number of aliphatic hydroxyl groups is 1. The zero-order valence-electron chi connectivity index (χ0n) is 8.61. The van der Waals surface area contributed by atoms with Crippen molar-refractivity contribution in [3.63, 3.8) is 0 Å². The van der Waals surface area contributed by atoms with E-state index in [9.17, 15) is 9.59 Å². The lowest BCUT2D eigenvalue weighted by atomic mass is 10.0. The van der Waals surface area contributed by atoms with Crippen molar-refractivity contribution in [1.82, 2.24) is 10.2 Å². The number of imide groups is 1. The summed E-state index contributed by atoms with van der Waals surface area (Å²) < 4.78 is 0. The lowest BCUT2D eigenvalue weighted by Crippen LogP contribution is -2.48. The Kier molecular flexibility index (Phi) is 4.51. The first-order chi connectivity index (χ1) is 7.13. The second-order valence-corrected chi connectivity index (χ2v) is 3.72. The fraction of sp³-hybridized carbons (Fsp3) is 0.778. The maximum Gasteiger partial charge on any atom is 0.318 e. The van der Waals surface area contributed by atoms with Gasteiger partial charge in [-0.1, -0.05) is 6.42 Å². The van der Waals surface area contributed by atoms with Gasteiger partial charge in [-0.05, 0) is 19.4 Å². The molecule has 0 aromatic carbocycles. The number of aliphatic hydroxyl groups excluding tert-OH is 1. The second kappa shape index (κ2) is 5.67. The molecule has 1 aliphatic heterocycles. The summed E-state index contributed by atoms with van der Waals surface area (Å²) in [5.41, 5.74) is 4.83. The summed E-state index contributed by atoms with van der Waals surface area (Å²) in [6.45, 7) is 0.940. The second-order valence-electron chi connectivity index (χ2n) is 3.72. The Hall–Kier alpha value is -1.14. The predicted molar refractivity (Wildman–Crippen MR) is 54.0 cm³/mol. The Morgan fingerprint density at radius 1 is 1.47 bits per heavy atom. The summed E-state index contributed by atoms with van der Waals surface area (Å²) in [6.07, 6.45) is 2.97. The van der Waals surface area contributed by atoms with E-state index in [1.54, 1.807) is 0 Å². The highest BCUT2D eigenvalue weighted by molar-refractivity contribution is 5.94. The van der Waals surface area contributed by atoms with E-state index in [0.29, 0.717) is 0 Å². The highest BCUT2D eigenvalue weighted by Crippen LogP contribution is 2.15. The Morgan fingerprint density at radius 2 is 2.20 bits per heavy atom. The molecule has 3 amide bonds. The molecule has 0 aromatic rings. The first-order valence-electron chi connectivity index (χ1n) is 5.07. The number of piperidine rings is 1. The van der Waals surface area contributed by atoms with E-state index in [4.69, 9.17) is 10.8 Å². The lowest BCUT2D eigenvalue weighted by molar-refractivity contribution is -0.122. The fourth-order valence-corrected chi connectivity index (χ4v) is 1.84. The molecule has 0 aliphatic carbocycles. The van der Waals surface area contributed by atoms with Crippen LogP contribution >= 0.6 is 0 Å². The van der Waals surface area contributed by atoms with E-state index in [0.717, 1.165) is 25.8 Å². The number of likely N-dealkylation sites (tertiary alicyclic amines) is 1. The molecule has 1 unspecified atom stereocenters. The van der Waals surface area contributed by atoms with Crippen molar-refractivity contribution in [1.29, 1.82) is 0 Å². The van der Waals surface area contributed by atoms with Crippen LogP contribution in [0.5, 0.6) is 0 Å². The number of carbonyl (C=O) groups is 2. The fourth-order valence-electron chi connectivity index (χ4n) is 1.84. The van der Waals surface area contributed by atoms with Crippen LogP contribution in [0.4, 0.5) is 4.79 Å². The number of amides is 3. The van der Waals surface area contributed by atoms with Gasteiger partial charge in [-0.15, -0.1) is 0 Å². The maximum absolute atomic E-state index is 11.2. The number of hydrogen-bond acceptors (Lipinski definition) is 4. The van der Waals surface area contributed by atoms with Crippen LogP contribution in [0.2, 0.25) is 0 Å². The van der Waals surface area contributed by atoms with Crippen LogP contribution in [-0.4, -0.2) is 47.7 Å². The van der Waals surface area contributed by atoms with Crippen molar-refractivity contribution in [2.75, 3.05) is 19.7 Å². The zero-order chi connectivity index (χ0) is 11.3. The van der Waals surface area contributed by atoms with E-state index in [-0.39, 0.29) is 19.2 Å². The molecule has 0 saturated carbocycles. The van der Waals surface area contributed by atoms with Gasteiger partial charge in [0.25, 0.3) is 0 Å². The minimum absolute atomic E-state index is 0.0253. The number of nitrogens with one attached hydrogen (secondary N) is 1. The molecule has 0 spiro atoms. The maximum atomic E-state index is 11.2. The number of hydrogen-bond donors (Lipinski definition) is 3. The largest absolute Gasteiger partial charge is 0.395 e. The molecule has 0 aromatic heterocycles. The van der Waals surface area contributed by atoms with Crippen LogP contribution in [-0.2, 0) is 4.79 Å². The first kappa shape index (κ1) is 11.9. The van der Waals surface area contributed by atoms with Crippen molar-refractivity contribution >= 4 is 11.9 Å². The van der Waals surface area contributed by atoms with E-state index < -0.39 is 11.9 Å². The van der Waals surface area contributed by atoms with E-state index in [2.05, 4.69) is 0 Å². The molecular formula is C9H17N3O3. The van der Waals surface area contributed by atoms with Crippen LogP contribution in [0.1, 0.15) is 19.3 Å². The summed E-state index contributed by atoms with van der Waals surface area (Å²) in [5.74, 6) is -0.414. The van der Waals surface area contributed by atoms with Crippen molar-refractivity contribution in [3.8, 4) is 0 Å². The first-order valence-corrected chi connectivity index (χ1v) is 5.07. The molecule has 86 valence electrons. The van der Waals surface area contributed by atoms with Crippen LogP contribution in [0, 0.1) is 0 Å². The van der Waals surface area contributed by atoms with Crippen LogP contribution in [0.3, 0.4) is 0 Å². The molecule has 4 N–H and O–H groups in total. The molecule has 1 aliphatic rings. The minimum atomic E-state index is -0.836. The quantitative estimate of drug-likeness (QED) is 0.564. The number of nitrogens with two attached hydrogens (primary N) is 1. The van der Waals surface area contributed by atoms with Crippen molar-refractivity contribution in [2.45, 2.75) is 25.3 Å². The number of rotatable bonds is 3. The molecule has 6 nitrogen and oxygen atoms in total. The molecule has 0 bridgehead atoms. The van der Waals surface area contributed by atoms with Gasteiger partial charge in [0.05, 0.1) is 13.2 Å². The molecule has 1 saturated heterocycles. The Morgan fingerprint density at radius 3 is 2.80 bits per heavy atom.